The molecule has 1 amide bonds. The topological polar surface area (TPSA) is 51.2 Å². The van der Waals surface area contributed by atoms with Crippen LogP contribution in [0.3, 0.4) is 0 Å². The van der Waals surface area contributed by atoms with Crippen LogP contribution in [0.5, 0.6) is 11.5 Å². The Labute approximate surface area is 161 Å². The number of ether oxygens (including phenoxy) is 3. The van der Waals surface area contributed by atoms with Crippen LogP contribution in [-0.4, -0.2) is 63.3 Å². The number of hydrogen-bond donors (Lipinski definition) is 0. The van der Waals surface area contributed by atoms with Crippen molar-refractivity contribution < 1.29 is 19.0 Å². The van der Waals surface area contributed by atoms with Crippen molar-refractivity contribution >= 4 is 6.09 Å². The van der Waals surface area contributed by atoms with Gasteiger partial charge in [0.05, 0.1) is 14.2 Å². The molecule has 0 N–H and O–H groups in total. The maximum Gasteiger partial charge on any atom is 0.414 e. The standard InChI is InChI=1S/C21H30N2O4/c1-6-22(2)20(24)27-16-9-10-21(11-12-23(3)19(21)14-16)15-7-8-17(25-4)18(13-15)26-5/h7-9,13,19H,6,10-12,14H2,1-5H3. The first-order valence-electron chi connectivity index (χ1n) is 9.50. The summed E-state index contributed by atoms with van der Waals surface area (Å²) >= 11 is 0. The Bertz CT molecular complexity index is 733. The molecule has 1 aliphatic heterocycles. The predicted molar refractivity (Wildman–Crippen MR) is 104 cm³/mol. The summed E-state index contributed by atoms with van der Waals surface area (Å²) in [7, 11) is 7.22. The van der Waals surface area contributed by atoms with Gasteiger partial charge in [-0.25, -0.2) is 4.79 Å². The lowest BCUT2D eigenvalue weighted by atomic mass is 9.68. The molecular weight excluding hydrogens is 344 g/mol. The minimum Gasteiger partial charge on any atom is -0.493 e. The van der Waals surface area contributed by atoms with Gasteiger partial charge in [0.15, 0.2) is 11.5 Å². The molecule has 1 heterocycles. The highest BCUT2D eigenvalue weighted by Gasteiger charge is 2.49. The number of allylic oxidation sites excluding steroid dienone is 1. The van der Waals surface area contributed by atoms with Crippen molar-refractivity contribution in [2.75, 3.05) is 41.4 Å². The van der Waals surface area contributed by atoms with Crippen molar-refractivity contribution in [3.8, 4) is 11.5 Å². The van der Waals surface area contributed by atoms with E-state index in [1.807, 2.05) is 13.0 Å². The first kappa shape index (κ1) is 19.5. The van der Waals surface area contributed by atoms with Gasteiger partial charge in [0.1, 0.15) is 5.76 Å². The molecule has 6 heteroatoms. The molecule has 1 aliphatic carbocycles. The number of amides is 1. The Morgan fingerprint density at radius 1 is 1.30 bits per heavy atom. The largest absolute Gasteiger partial charge is 0.493 e. The number of methoxy groups -OCH3 is 2. The van der Waals surface area contributed by atoms with Crippen LogP contribution in [0.25, 0.3) is 0 Å². The maximum atomic E-state index is 12.1. The second-order valence-electron chi connectivity index (χ2n) is 7.43. The van der Waals surface area contributed by atoms with E-state index in [2.05, 4.69) is 30.2 Å². The number of rotatable bonds is 5. The van der Waals surface area contributed by atoms with E-state index >= 15 is 0 Å². The summed E-state index contributed by atoms with van der Waals surface area (Å²) in [4.78, 5) is 16.1. The van der Waals surface area contributed by atoms with E-state index in [1.165, 1.54) is 5.56 Å². The van der Waals surface area contributed by atoms with Gasteiger partial charge in [0.2, 0.25) is 0 Å². The Balaban J connectivity index is 1.90. The molecule has 1 aromatic rings. The van der Waals surface area contributed by atoms with Gasteiger partial charge in [0, 0.05) is 31.5 Å². The lowest BCUT2D eigenvalue weighted by Crippen LogP contribution is -2.44. The first-order valence-corrected chi connectivity index (χ1v) is 9.50. The third kappa shape index (κ3) is 3.50. The van der Waals surface area contributed by atoms with Crippen molar-refractivity contribution in [3.63, 3.8) is 0 Å². The van der Waals surface area contributed by atoms with Gasteiger partial charge in [-0.1, -0.05) is 6.07 Å². The van der Waals surface area contributed by atoms with E-state index in [1.54, 1.807) is 26.2 Å². The molecule has 2 unspecified atom stereocenters. The quantitative estimate of drug-likeness (QED) is 0.791. The zero-order valence-corrected chi connectivity index (χ0v) is 16.9. The smallest absolute Gasteiger partial charge is 0.414 e. The third-order valence-corrected chi connectivity index (χ3v) is 6.13. The molecular formula is C21H30N2O4. The number of fused-ring (bicyclic) bond motifs is 1. The van der Waals surface area contributed by atoms with Gasteiger partial charge >= 0.3 is 6.09 Å². The molecule has 6 nitrogen and oxygen atoms in total. The zero-order chi connectivity index (χ0) is 19.6. The highest BCUT2D eigenvalue weighted by molar-refractivity contribution is 5.68. The van der Waals surface area contributed by atoms with Crippen molar-refractivity contribution in [1.29, 1.82) is 0 Å². The molecule has 0 radical (unpaired) electrons. The molecule has 27 heavy (non-hydrogen) atoms. The predicted octanol–water partition coefficient (Wildman–Crippen LogP) is 3.41. The second-order valence-corrected chi connectivity index (χ2v) is 7.43. The Hall–Kier alpha value is -2.21. The first-order chi connectivity index (χ1) is 12.9. The number of carbonyl (C=O) groups excluding carboxylic acids is 1. The maximum absolute atomic E-state index is 12.1. The van der Waals surface area contributed by atoms with Crippen LogP contribution < -0.4 is 9.47 Å². The fourth-order valence-electron chi connectivity index (χ4n) is 4.28. The van der Waals surface area contributed by atoms with Crippen LogP contribution in [0.15, 0.2) is 30.0 Å². The highest BCUT2D eigenvalue weighted by Crippen LogP contribution is 2.49. The van der Waals surface area contributed by atoms with Crippen molar-refractivity contribution in [3.05, 3.63) is 35.6 Å². The van der Waals surface area contributed by atoms with Gasteiger partial charge < -0.3 is 24.0 Å². The van der Waals surface area contributed by atoms with Gasteiger partial charge in [-0.2, -0.15) is 0 Å². The molecule has 1 fully saturated rings. The van der Waals surface area contributed by atoms with Crippen LogP contribution in [0, 0.1) is 0 Å². The van der Waals surface area contributed by atoms with Crippen LogP contribution in [-0.2, 0) is 10.2 Å². The van der Waals surface area contributed by atoms with Gasteiger partial charge in [-0.15, -0.1) is 0 Å². The van der Waals surface area contributed by atoms with E-state index in [-0.39, 0.29) is 17.6 Å². The molecule has 2 atom stereocenters. The summed E-state index contributed by atoms with van der Waals surface area (Å²) in [5.41, 5.74) is 1.25. The Morgan fingerprint density at radius 2 is 2.04 bits per heavy atom. The van der Waals surface area contributed by atoms with Crippen LogP contribution in [0.4, 0.5) is 4.79 Å². The minimum absolute atomic E-state index is 0.000860. The SMILES string of the molecule is CCN(C)C(=O)OC1=CCC2(c3ccc(OC)c(OC)c3)CCN(C)C2C1. The molecule has 2 aliphatic rings. The number of nitrogens with zero attached hydrogens (tertiary/aromatic N) is 2. The summed E-state index contributed by atoms with van der Waals surface area (Å²) < 4.78 is 16.6. The summed E-state index contributed by atoms with van der Waals surface area (Å²) in [6.07, 6.45) is 4.44. The van der Waals surface area contributed by atoms with Crippen LogP contribution in [0.2, 0.25) is 0 Å². The number of carbonyl (C=O) groups is 1. The molecule has 148 valence electrons. The minimum atomic E-state index is -0.289. The zero-order valence-electron chi connectivity index (χ0n) is 16.9. The number of benzene rings is 1. The summed E-state index contributed by atoms with van der Waals surface area (Å²) in [6, 6.07) is 6.51. The van der Waals surface area contributed by atoms with Gasteiger partial charge in [0.25, 0.3) is 0 Å². The third-order valence-electron chi connectivity index (χ3n) is 6.13. The number of hydrogen-bond acceptors (Lipinski definition) is 5. The summed E-state index contributed by atoms with van der Waals surface area (Å²) in [6.45, 7) is 3.58. The van der Waals surface area contributed by atoms with E-state index < -0.39 is 0 Å². The van der Waals surface area contributed by atoms with E-state index in [4.69, 9.17) is 14.2 Å². The van der Waals surface area contributed by atoms with E-state index in [0.29, 0.717) is 6.54 Å². The Kier molecular flexibility index (Phi) is 5.65. The van der Waals surface area contributed by atoms with Crippen molar-refractivity contribution in [2.24, 2.45) is 0 Å². The summed E-state index contributed by atoms with van der Waals surface area (Å²) in [5, 5.41) is 0. The molecule has 0 bridgehead atoms. The van der Waals surface area contributed by atoms with Gasteiger partial charge in [-0.3, -0.25) is 0 Å². The number of likely N-dealkylation sites (tertiary alicyclic amines) is 1. The second kappa shape index (κ2) is 7.80. The molecule has 3 rings (SSSR count). The lowest BCUT2D eigenvalue weighted by molar-refractivity contribution is 0.123. The number of likely N-dealkylation sites (N-methyl/N-ethyl adjacent to an activating group) is 1. The molecule has 1 aromatic carbocycles. The fraction of sp³-hybridized carbons (Fsp3) is 0.571. The highest BCUT2D eigenvalue weighted by atomic mass is 16.6. The monoisotopic (exact) mass is 374 g/mol. The van der Waals surface area contributed by atoms with Crippen molar-refractivity contribution in [1.82, 2.24) is 9.80 Å². The molecule has 0 saturated carbocycles. The molecule has 0 spiro atoms. The van der Waals surface area contributed by atoms with Crippen LogP contribution >= 0.6 is 0 Å². The van der Waals surface area contributed by atoms with Crippen molar-refractivity contribution in [2.45, 2.75) is 37.6 Å². The average molecular weight is 374 g/mol. The molecule has 0 aromatic heterocycles. The molecule has 1 saturated heterocycles. The average Bonchev–Trinajstić information content (AvgIpc) is 3.04. The van der Waals surface area contributed by atoms with Crippen LogP contribution in [0.1, 0.15) is 31.7 Å². The van der Waals surface area contributed by atoms with E-state index in [0.717, 1.165) is 43.1 Å². The summed E-state index contributed by atoms with van der Waals surface area (Å²) in [5.74, 6) is 2.27. The van der Waals surface area contributed by atoms with E-state index in [9.17, 15) is 4.79 Å². The lowest BCUT2D eigenvalue weighted by Gasteiger charge is -2.41. The van der Waals surface area contributed by atoms with Gasteiger partial charge in [-0.05, 0) is 57.1 Å². The Morgan fingerprint density at radius 3 is 2.70 bits per heavy atom. The normalized spacial score (nSPS) is 24.8. The fourth-order valence-corrected chi connectivity index (χ4v) is 4.28.